The monoisotopic (exact) mass is 163 g/mol. The molecule has 0 spiro atoms. The lowest BCUT2D eigenvalue weighted by Gasteiger charge is -1.87. The molecule has 0 saturated carbocycles. The third-order valence-corrected chi connectivity index (χ3v) is 1.48. The zero-order valence-corrected chi connectivity index (χ0v) is 8.33. The first-order valence-electron chi connectivity index (χ1n) is 4.17. The van der Waals surface area contributed by atoms with E-state index in [1.54, 1.807) is 6.21 Å². The van der Waals surface area contributed by atoms with Crippen molar-refractivity contribution in [2.24, 2.45) is 4.99 Å². The third-order valence-electron chi connectivity index (χ3n) is 1.48. The van der Waals surface area contributed by atoms with Crippen molar-refractivity contribution in [3.63, 3.8) is 0 Å². The molecular formula is C11H17N. The Bertz CT molecular complexity index is 229. The minimum Gasteiger partial charge on any atom is -0.266 e. The summed E-state index contributed by atoms with van der Waals surface area (Å²) >= 11 is 0. The molecular weight excluding hydrogens is 146 g/mol. The fourth-order valence-electron chi connectivity index (χ4n) is 0.682. The van der Waals surface area contributed by atoms with Gasteiger partial charge in [0.15, 0.2) is 0 Å². The second kappa shape index (κ2) is 6.59. The van der Waals surface area contributed by atoms with Gasteiger partial charge in [-0.25, -0.2) is 0 Å². The van der Waals surface area contributed by atoms with E-state index >= 15 is 0 Å². The van der Waals surface area contributed by atoms with Gasteiger partial charge in [0.05, 0.1) is 0 Å². The smallest absolute Gasteiger partial charge is 0.0368 e. The Balaban J connectivity index is 4.12. The Morgan fingerprint density at radius 1 is 1.17 bits per heavy atom. The molecule has 0 aromatic heterocycles. The van der Waals surface area contributed by atoms with Crippen LogP contribution in [0.25, 0.3) is 0 Å². The van der Waals surface area contributed by atoms with Crippen LogP contribution >= 0.6 is 0 Å². The standard InChI is InChI=1S/C11H17N/c1-5-10(3)8-7-9-11(4)12-6-2/h5-9H,1-4H3/b8-7?,10-5?,11-9+,12-6?. The fourth-order valence-corrected chi connectivity index (χ4v) is 0.682. The molecule has 0 amide bonds. The van der Waals surface area contributed by atoms with Crippen molar-refractivity contribution in [1.29, 1.82) is 0 Å². The van der Waals surface area contributed by atoms with E-state index in [4.69, 9.17) is 0 Å². The molecule has 1 nitrogen and oxygen atoms in total. The summed E-state index contributed by atoms with van der Waals surface area (Å²) in [5.74, 6) is 0. The third kappa shape index (κ3) is 5.66. The van der Waals surface area contributed by atoms with Gasteiger partial charge in [-0.05, 0) is 33.8 Å². The van der Waals surface area contributed by atoms with E-state index in [9.17, 15) is 0 Å². The molecule has 1 heteroatoms. The molecule has 0 aliphatic carbocycles. The van der Waals surface area contributed by atoms with Gasteiger partial charge in [-0.1, -0.05) is 23.8 Å². The van der Waals surface area contributed by atoms with Gasteiger partial charge >= 0.3 is 0 Å². The SMILES string of the molecule is CC=N/C(C)=C/C=CC(C)=CC. The average Bonchev–Trinajstić information content (AvgIpc) is 2.04. The van der Waals surface area contributed by atoms with Crippen LogP contribution in [0.15, 0.2) is 40.6 Å². The van der Waals surface area contributed by atoms with E-state index in [1.807, 2.05) is 32.9 Å². The Hall–Kier alpha value is -1.11. The summed E-state index contributed by atoms with van der Waals surface area (Å²) in [5.41, 5.74) is 2.29. The van der Waals surface area contributed by atoms with Crippen LogP contribution < -0.4 is 0 Å². The van der Waals surface area contributed by atoms with Crippen LogP contribution in [0, 0.1) is 0 Å². The van der Waals surface area contributed by atoms with Gasteiger partial charge in [-0.2, -0.15) is 0 Å². The van der Waals surface area contributed by atoms with Crippen molar-refractivity contribution in [3.05, 3.63) is 35.6 Å². The molecule has 0 unspecified atom stereocenters. The molecule has 0 aliphatic rings. The molecule has 0 atom stereocenters. The van der Waals surface area contributed by atoms with E-state index in [0.29, 0.717) is 0 Å². The number of hydrogen-bond donors (Lipinski definition) is 0. The van der Waals surface area contributed by atoms with Crippen molar-refractivity contribution in [3.8, 4) is 0 Å². The van der Waals surface area contributed by atoms with E-state index < -0.39 is 0 Å². The minimum absolute atomic E-state index is 1.03. The van der Waals surface area contributed by atoms with Crippen molar-refractivity contribution >= 4 is 6.21 Å². The van der Waals surface area contributed by atoms with Gasteiger partial charge in [0, 0.05) is 11.9 Å². The molecule has 0 rings (SSSR count). The summed E-state index contributed by atoms with van der Waals surface area (Å²) in [6.45, 7) is 8.00. The van der Waals surface area contributed by atoms with E-state index in [-0.39, 0.29) is 0 Å². The van der Waals surface area contributed by atoms with E-state index in [0.717, 1.165) is 5.70 Å². The van der Waals surface area contributed by atoms with Gasteiger partial charge in [-0.15, -0.1) is 0 Å². The molecule has 0 heterocycles. The molecule has 66 valence electrons. The molecule has 0 bridgehead atoms. The number of aliphatic imine (C=N–C) groups is 1. The first-order chi connectivity index (χ1) is 5.70. The van der Waals surface area contributed by atoms with Gasteiger partial charge in [0.2, 0.25) is 0 Å². The summed E-state index contributed by atoms with van der Waals surface area (Å²) in [6, 6.07) is 0. The quantitative estimate of drug-likeness (QED) is 0.446. The Morgan fingerprint density at radius 2 is 1.83 bits per heavy atom. The number of allylic oxidation sites excluding steroid dienone is 6. The Labute approximate surface area is 75.2 Å². The predicted octanol–water partition coefficient (Wildman–Crippen LogP) is 3.50. The molecule has 0 saturated heterocycles. The van der Waals surface area contributed by atoms with Crippen molar-refractivity contribution in [2.75, 3.05) is 0 Å². The summed E-state index contributed by atoms with van der Waals surface area (Å²) in [4.78, 5) is 4.11. The lowest BCUT2D eigenvalue weighted by atomic mass is 10.2. The number of rotatable bonds is 3. The van der Waals surface area contributed by atoms with Gasteiger partial charge in [-0.3, -0.25) is 4.99 Å². The zero-order chi connectivity index (χ0) is 9.40. The number of nitrogens with zero attached hydrogens (tertiary/aromatic N) is 1. The van der Waals surface area contributed by atoms with Gasteiger partial charge in [0.25, 0.3) is 0 Å². The average molecular weight is 163 g/mol. The normalized spacial score (nSPS) is 15.0. The van der Waals surface area contributed by atoms with Crippen LogP contribution in [-0.2, 0) is 0 Å². The first-order valence-corrected chi connectivity index (χ1v) is 4.17. The number of hydrogen-bond acceptors (Lipinski definition) is 1. The van der Waals surface area contributed by atoms with Crippen LogP contribution in [-0.4, -0.2) is 6.21 Å². The highest BCUT2D eigenvalue weighted by Crippen LogP contribution is 1.97. The first kappa shape index (κ1) is 10.9. The van der Waals surface area contributed by atoms with Crippen LogP contribution in [0.4, 0.5) is 0 Å². The highest BCUT2D eigenvalue weighted by Gasteiger charge is 1.77. The molecule has 12 heavy (non-hydrogen) atoms. The summed E-state index contributed by atoms with van der Waals surface area (Å²) in [5, 5.41) is 0. The van der Waals surface area contributed by atoms with Crippen LogP contribution in [0.3, 0.4) is 0 Å². The van der Waals surface area contributed by atoms with E-state index in [1.165, 1.54) is 5.57 Å². The molecule has 0 N–H and O–H groups in total. The van der Waals surface area contributed by atoms with Gasteiger partial charge < -0.3 is 0 Å². The lowest BCUT2D eigenvalue weighted by molar-refractivity contribution is 1.31. The van der Waals surface area contributed by atoms with Crippen LogP contribution in [0.2, 0.25) is 0 Å². The molecule has 0 aromatic rings. The van der Waals surface area contributed by atoms with Crippen LogP contribution in [0.1, 0.15) is 27.7 Å². The van der Waals surface area contributed by atoms with Crippen molar-refractivity contribution in [2.45, 2.75) is 27.7 Å². The lowest BCUT2D eigenvalue weighted by Crippen LogP contribution is -1.68. The minimum atomic E-state index is 1.03. The second-order valence-corrected chi connectivity index (χ2v) is 2.59. The summed E-state index contributed by atoms with van der Waals surface area (Å²) in [7, 11) is 0. The summed E-state index contributed by atoms with van der Waals surface area (Å²) < 4.78 is 0. The summed E-state index contributed by atoms with van der Waals surface area (Å²) in [6.07, 6.45) is 9.93. The maximum Gasteiger partial charge on any atom is 0.0368 e. The topological polar surface area (TPSA) is 12.4 Å². The van der Waals surface area contributed by atoms with Crippen LogP contribution in [0.5, 0.6) is 0 Å². The Morgan fingerprint density at radius 3 is 2.33 bits per heavy atom. The van der Waals surface area contributed by atoms with E-state index in [2.05, 4.69) is 24.1 Å². The Kier molecular flexibility index (Phi) is 5.98. The predicted molar refractivity (Wildman–Crippen MR) is 56.5 cm³/mol. The van der Waals surface area contributed by atoms with Gasteiger partial charge in [0.1, 0.15) is 0 Å². The van der Waals surface area contributed by atoms with Crippen molar-refractivity contribution in [1.82, 2.24) is 0 Å². The fraction of sp³-hybridized carbons (Fsp3) is 0.364. The maximum absolute atomic E-state index is 4.11. The van der Waals surface area contributed by atoms with Crippen molar-refractivity contribution < 1.29 is 0 Å². The molecule has 0 radical (unpaired) electrons. The highest BCUT2D eigenvalue weighted by molar-refractivity contribution is 5.55. The largest absolute Gasteiger partial charge is 0.266 e. The second-order valence-electron chi connectivity index (χ2n) is 2.59. The highest BCUT2D eigenvalue weighted by atomic mass is 14.7. The molecule has 0 aromatic carbocycles. The molecule has 0 aliphatic heterocycles. The maximum atomic E-state index is 4.11. The molecule has 0 fully saturated rings. The zero-order valence-electron chi connectivity index (χ0n) is 8.33.